The van der Waals surface area contributed by atoms with Gasteiger partial charge in [0.1, 0.15) is 0 Å². The van der Waals surface area contributed by atoms with Crippen LogP contribution in [0.2, 0.25) is 0 Å². The number of benzene rings is 2. The molecular formula is C13H12N2O4S. The minimum atomic E-state index is -3.97. The molecule has 0 unspecified atom stereocenters. The number of nitrogens with two attached hydrogens (primary N) is 1. The Balaban J connectivity index is 2.61. The highest BCUT2D eigenvalue weighted by Crippen LogP contribution is 2.29. The summed E-state index contributed by atoms with van der Waals surface area (Å²) in [6.07, 6.45) is -1.28. The van der Waals surface area contributed by atoms with E-state index >= 15 is 0 Å². The van der Waals surface area contributed by atoms with E-state index in [1.807, 2.05) is 0 Å². The molecule has 0 aliphatic heterocycles. The number of anilines is 1. The van der Waals surface area contributed by atoms with Crippen LogP contribution >= 0.6 is 0 Å². The molecule has 7 heteroatoms. The quantitative estimate of drug-likeness (QED) is 0.804. The number of amides is 1. The summed E-state index contributed by atoms with van der Waals surface area (Å²) >= 11 is 0. The molecule has 0 aliphatic carbocycles. The van der Waals surface area contributed by atoms with E-state index in [0.717, 1.165) is 0 Å². The standard InChI is InChI=1S/C13H12N2O4S/c14-20(18,19)12-8-10(15-13(16)17)6-7-11(12)9-4-2-1-3-5-9/h1-8,15H,(H,16,17)(H2,14,18,19). The molecular weight excluding hydrogens is 280 g/mol. The third-order valence-electron chi connectivity index (χ3n) is 2.62. The van der Waals surface area contributed by atoms with Crippen LogP contribution in [0.3, 0.4) is 0 Å². The molecule has 4 N–H and O–H groups in total. The first-order valence-corrected chi connectivity index (χ1v) is 7.15. The van der Waals surface area contributed by atoms with Crippen LogP contribution in [-0.4, -0.2) is 19.6 Å². The topological polar surface area (TPSA) is 109 Å². The van der Waals surface area contributed by atoms with Gasteiger partial charge >= 0.3 is 6.09 Å². The number of hydrogen-bond donors (Lipinski definition) is 3. The van der Waals surface area contributed by atoms with Gasteiger partial charge in [0, 0.05) is 11.3 Å². The Morgan fingerprint density at radius 1 is 1.10 bits per heavy atom. The fraction of sp³-hybridized carbons (Fsp3) is 0. The van der Waals surface area contributed by atoms with Crippen LogP contribution in [0.25, 0.3) is 11.1 Å². The molecule has 6 nitrogen and oxygen atoms in total. The van der Waals surface area contributed by atoms with Gasteiger partial charge in [-0.3, -0.25) is 5.32 Å². The van der Waals surface area contributed by atoms with Gasteiger partial charge in [-0.25, -0.2) is 18.4 Å². The lowest BCUT2D eigenvalue weighted by Gasteiger charge is -2.10. The minimum absolute atomic E-state index is 0.130. The highest BCUT2D eigenvalue weighted by atomic mass is 32.2. The SMILES string of the molecule is NS(=O)(=O)c1cc(NC(=O)O)ccc1-c1ccccc1. The third kappa shape index (κ3) is 3.14. The van der Waals surface area contributed by atoms with Crippen LogP contribution in [0.5, 0.6) is 0 Å². The number of primary sulfonamides is 1. The molecule has 0 atom stereocenters. The van der Waals surface area contributed by atoms with Crippen molar-refractivity contribution in [2.24, 2.45) is 5.14 Å². The maximum Gasteiger partial charge on any atom is 0.409 e. The second-order valence-electron chi connectivity index (χ2n) is 4.05. The van der Waals surface area contributed by atoms with Crippen molar-refractivity contribution in [1.82, 2.24) is 0 Å². The van der Waals surface area contributed by atoms with Gasteiger partial charge in [-0.05, 0) is 17.7 Å². The van der Waals surface area contributed by atoms with Gasteiger partial charge in [0.25, 0.3) is 0 Å². The van der Waals surface area contributed by atoms with E-state index < -0.39 is 16.1 Å². The molecule has 0 radical (unpaired) electrons. The smallest absolute Gasteiger partial charge is 0.409 e. The zero-order valence-corrected chi connectivity index (χ0v) is 11.1. The first kappa shape index (κ1) is 14.0. The molecule has 1 amide bonds. The molecule has 0 fully saturated rings. The van der Waals surface area contributed by atoms with Gasteiger partial charge in [0.05, 0.1) is 4.90 Å². The van der Waals surface area contributed by atoms with Gasteiger partial charge in [0.15, 0.2) is 0 Å². The zero-order chi connectivity index (χ0) is 14.8. The van der Waals surface area contributed by atoms with E-state index in [0.29, 0.717) is 11.1 Å². The molecule has 2 aromatic rings. The Morgan fingerprint density at radius 3 is 2.30 bits per heavy atom. The minimum Gasteiger partial charge on any atom is -0.465 e. The predicted molar refractivity (Wildman–Crippen MR) is 74.9 cm³/mol. The van der Waals surface area contributed by atoms with Crippen LogP contribution < -0.4 is 10.5 Å². The molecule has 0 saturated carbocycles. The fourth-order valence-electron chi connectivity index (χ4n) is 1.82. The number of nitrogens with one attached hydrogen (secondary N) is 1. The predicted octanol–water partition coefficient (Wildman–Crippen LogP) is 2.09. The third-order valence-corrected chi connectivity index (χ3v) is 3.58. The Bertz CT molecular complexity index is 742. The second kappa shape index (κ2) is 5.32. The van der Waals surface area contributed by atoms with Crippen molar-refractivity contribution < 1.29 is 18.3 Å². The van der Waals surface area contributed by atoms with E-state index in [-0.39, 0.29) is 10.6 Å². The van der Waals surface area contributed by atoms with E-state index in [1.165, 1.54) is 18.2 Å². The summed E-state index contributed by atoms with van der Waals surface area (Å²) in [7, 11) is -3.97. The molecule has 0 heterocycles. The van der Waals surface area contributed by atoms with Crippen LogP contribution in [-0.2, 0) is 10.0 Å². The molecule has 104 valence electrons. The lowest BCUT2D eigenvalue weighted by atomic mass is 10.1. The summed E-state index contributed by atoms with van der Waals surface area (Å²) in [5.41, 5.74) is 1.24. The largest absolute Gasteiger partial charge is 0.465 e. The Kier molecular flexibility index (Phi) is 3.73. The summed E-state index contributed by atoms with van der Waals surface area (Å²) in [6.45, 7) is 0. The van der Waals surface area contributed by atoms with Crippen molar-refractivity contribution in [1.29, 1.82) is 0 Å². The normalized spacial score (nSPS) is 11.1. The monoisotopic (exact) mass is 292 g/mol. The Morgan fingerprint density at radius 2 is 1.75 bits per heavy atom. The first-order valence-electron chi connectivity index (χ1n) is 5.60. The fourth-order valence-corrected chi connectivity index (χ4v) is 2.60. The number of hydrogen-bond acceptors (Lipinski definition) is 3. The lowest BCUT2D eigenvalue weighted by Crippen LogP contribution is -2.15. The van der Waals surface area contributed by atoms with Crippen molar-refractivity contribution in [2.45, 2.75) is 4.90 Å². The number of carbonyl (C=O) groups is 1. The lowest BCUT2D eigenvalue weighted by molar-refractivity contribution is 0.209. The summed E-state index contributed by atoms with van der Waals surface area (Å²) in [6, 6.07) is 13.0. The van der Waals surface area contributed by atoms with Crippen molar-refractivity contribution in [3.05, 3.63) is 48.5 Å². The average Bonchev–Trinajstić information content (AvgIpc) is 2.38. The maximum absolute atomic E-state index is 11.7. The average molecular weight is 292 g/mol. The maximum atomic E-state index is 11.7. The zero-order valence-electron chi connectivity index (χ0n) is 10.3. The molecule has 0 aromatic heterocycles. The molecule has 2 rings (SSSR count). The summed E-state index contributed by atoms with van der Waals surface area (Å²) in [4.78, 5) is 10.5. The summed E-state index contributed by atoms with van der Waals surface area (Å²) in [5.74, 6) is 0. The summed E-state index contributed by atoms with van der Waals surface area (Å²) < 4.78 is 23.3. The van der Waals surface area contributed by atoms with E-state index in [9.17, 15) is 13.2 Å². The van der Waals surface area contributed by atoms with Gasteiger partial charge in [0.2, 0.25) is 10.0 Å². The van der Waals surface area contributed by atoms with E-state index in [1.54, 1.807) is 30.3 Å². The number of rotatable bonds is 3. The van der Waals surface area contributed by atoms with Crippen LogP contribution in [0.15, 0.2) is 53.4 Å². The highest BCUT2D eigenvalue weighted by Gasteiger charge is 2.16. The molecule has 0 saturated heterocycles. The van der Waals surface area contributed by atoms with Crippen LogP contribution in [0.4, 0.5) is 10.5 Å². The van der Waals surface area contributed by atoms with Gasteiger partial charge in [-0.15, -0.1) is 0 Å². The first-order chi connectivity index (χ1) is 9.38. The van der Waals surface area contributed by atoms with Gasteiger partial charge in [-0.2, -0.15) is 0 Å². The van der Waals surface area contributed by atoms with E-state index in [2.05, 4.69) is 5.32 Å². The van der Waals surface area contributed by atoms with E-state index in [4.69, 9.17) is 10.2 Å². The Labute approximate surface area is 115 Å². The van der Waals surface area contributed by atoms with Crippen LogP contribution in [0, 0.1) is 0 Å². The highest BCUT2D eigenvalue weighted by molar-refractivity contribution is 7.89. The molecule has 20 heavy (non-hydrogen) atoms. The number of carboxylic acid groups (broad SMARTS) is 1. The van der Waals surface area contributed by atoms with Gasteiger partial charge < -0.3 is 5.11 Å². The van der Waals surface area contributed by atoms with Crippen LogP contribution in [0.1, 0.15) is 0 Å². The van der Waals surface area contributed by atoms with Crippen molar-refractivity contribution in [3.63, 3.8) is 0 Å². The second-order valence-corrected chi connectivity index (χ2v) is 5.58. The van der Waals surface area contributed by atoms with Crippen molar-refractivity contribution in [3.8, 4) is 11.1 Å². The molecule has 0 bridgehead atoms. The van der Waals surface area contributed by atoms with Gasteiger partial charge in [-0.1, -0.05) is 36.4 Å². The molecule has 0 spiro atoms. The van der Waals surface area contributed by atoms with Crippen molar-refractivity contribution in [2.75, 3.05) is 5.32 Å². The van der Waals surface area contributed by atoms with Crippen molar-refractivity contribution >= 4 is 21.8 Å². The number of sulfonamides is 1. The summed E-state index contributed by atoms with van der Waals surface area (Å²) in [5, 5.41) is 15.9. The molecule has 0 aliphatic rings. The Hall–Kier alpha value is -2.38. The molecule has 2 aromatic carbocycles.